The van der Waals surface area contributed by atoms with Crippen LogP contribution in [-0.2, 0) is 4.79 Å². The highest BCUT2D eigenvalue weighted by molar-refractivity contribution is 6.31. The lowest BCUT2D eigenvalue weighted by Gasteiger charge is -2.35. The highest BCUT2D eigenvalue weighted by atomic mass is 35.5. The fraction of sp³-hybridized carbons (Fsp3) is 0.611. The first-order chi connectivity index (χ1) is 11.0. The Bertz CT molecular complexity index is 526. The predicted molar refractivity (Wildman–Crippen MR) is 94.2 cm³/mol. The molecule has 1 aromatic rings. The zero-order valence-corrected chi connectivity index (χ0v) is 15.1. The quantitative estimate of drug-likeness (QED) is 0.746. The normalized spacial score (nSPS) is 16.0. The molecule has 0 aliphatic carbocycles. The molecule has 5 heteroatoms. The Balaban J connectivity index is 1.66. The molecule has 128 valence electrons. The number of benzene rings is 1. The number of carbonyl (C=O) groups excluding carboxylic acids is 1. The molecule has 0 bridgehead atoms. The second-order valence-electron chi connectivity index (χ2n) is 6.44. The van der Waals surface area contributed by atoms with Crippen LogP contribution in [0.1, 0.15) is 31.2 Å². The monoisotopic (exact) mass is 338 g/mol. The van der Waals surface area contributed by atoms with Crippen LogP contribution in [0.3, 0.4) is 0 Å². The Morgan fingerprint density at radius 2 is 2.04 bits per heavy atom. The van der Waals surface area contributed by atoms with Crippen molar-refractivity contribution in [3.63, 3.8) is 0 Å². The van der Waals surface area contributed by atoms with E-state index in [-0.39, 0.29) is 5.91 Å². The van der Waals surface area contributed by atoms with Gasteiger partial charge < -0.3 is 14.5 Å². The molecule has 0 radical (unpaired) electrons. The van der Waals surface area contributed by atoms with Gasteiger partial charge in [0.1, 0.15) is 5.75 Å². The molecule has 1 saturated heterocycles. The molecule has 1 heterocycles. The van der Waals surface area contributed by atoms with Crippen molar-refractivity contribution in [2.75, 3.05) is 33.8 Å². The van der Waals surface area contributed by atoms with Crippen molar-refractivity contribution in [1.82, 2.24) is 9.80 Å². The van der Waals surface area contributed by atoms with Gasteiger partial charge in [-0.1, -0.05) is 11.6 Å². The lowest BCUT2D eigenvalue weighted by molar-refractivity contribution is -0.132. The van der Waals surface area contributed by atoms with E-state index in [1.807, 2.05) is 30.0 Å². The van der Waals surface area contributed by atoms with Crippen LogP contribution in [0.4, 0.5) is 0 Å². The van der Waals surface area contributed by atoms with Gasteiger partial charge in [0.2, 0.25) is 5.91 Å². The summed E-state index contributed by atoms with van der Waals surface area (Å²) in [6, 6.07) is 6.24. The Morgan fingerprint density at radius 3 is 2.65 bits per heavy atom. The van der Waals surface area contributed by atoms with Crippen LogP contribution < -0.4 is 4.74 Å². The van der Waals surface area contributed by atoms with Gasteiger partial charge in [-0.15, -0.1) is 0 Å². The van der Waals surface area contributed by atoms with Crippen LogP contribution >= 0.6 is 11.6 Å². The van der Waals surface area contributed by atoms with E-state index < -0.39 is 0 Å². The Morgan fingerprint density at radius 1 is 1.35 bits per heavy atom. The van der Waals surface area contributed by atoms with Crippen molar-refractivity contribution in [2.24, 2.45) is 0 Å². The maximum Gasteiger partial charge on any atom is 0.222 e. The third-order valence-electron chi connectivity index (χ3n) is 4.48. The van der Waals surface area contributed by atoms with Gasteiger partial charge in [0.15, 0.2) is 0 Å². The molecule has 0 atom stereocenters. The minimum absolute atomic E-state index is 0.248. The smallest absolute Gasteiger partial charge is 0.222 e. The van der Waals surface area contributed by atoms with Crippen molar-refractivity contribution >= 4 is 17.5 Å². The molecule has 1 amide bonds. The van der Waals surface area contributed by atoms with Gasteiger partial charge in [0.25, 0.3) is 0 Å². The summed E-state index contributed by atoms with van der Waals surface area (Å²) in [4.78, 5) is 16.5. The number of halogens is 1. The Hall–Kier alpha value is -1.26. The molecule has 0 unspecified atom stereocenters. The minimum Gasteiger partial charge on any atom is -0.494 e. The maximum absolute atomic E-state index is 12.2. The zero-order valence-electron chi connectivity index (χ0n) is 14.3. The number of hydrogen-bond donors (Lipinski definition) is 0. The van der Waals surface area contributed by atoms with Gasteiger partial charge in [-0.25, -0.2) is 0 Å². The predicted octanol–water partition coefficient (Wildman–Crippen LogP) is 3.36. The van der Waals surface area contributed by atoms with Crippen molar-refractivity contribution in [3.8, 4) is 5.75 Å². The van der Waals surface area contributed by atoms with E-state index in [1.165, 1.54) is 0 Å². The number of likely N-dealkylation sites (tertiary alicyclic amines) is 1. The number of aryl methyl sites for hydroxylation is 1. The van der Waals surface area contributed by atoms with E-state index in [0.717, 1.165) is 48.7 Å². The first kappa shape index (κ1) is 18.1. The third kappa shape index (κ3) is 5.40. The van der Waals surface area contributed by atoms with Crippen LogP contribution in [0.5, 0.6) is 5.75 Å². The fourth-order valence-corrected chi connectivity index (χ4v) is 3.03. The van der Waals surface area contributed by atoms with Crippen molar-refractivity contribution in [3.05, 3.63) is 28.8 Å². The van der Waals surface area contributed by atoms with Crippen LogP contribution in [0, 0.1) is 6.92 Å². The van der Waals surface area contributed by atoms with Gasteiger partial charge in [-0.3, -0.25) is 4.79 Å². The first-order valence-electron chi connectivity index (χ1n) is 8.30. The van der Waals surface area contributed by atoms with Crippen molar-refractivity contribution in [1.29, 1.82) is 0 Å². The number of carbonyl (C=O) groups is 1. The number of nitrogens with zero attached hydrogens (tertiary/aromatic N) is 2. The molecule has 2 rings (SSSR count). The largest absolute Gasteiger partial charge is 0.494 e. The highest BCUT2D eigenvalue weighted by Crippen LogP contribution is 2.21. The fourth-order valence-electron chi connectivity index (χ4n) is 2.91. The number of piperidine rings is 1. The molecule has 4 nitrogen and oxygen atoms in total. The Kier molecular flexibility index (Phi) is 6.72. The van der Waals surface area contributed by atoms with Crippen LogP contribution in [-0.4, -0.2) is 55.5 Å². The number of ether oxygens (including phenoxy) is 1. The summed E-state index contributed by atoms with van der Waals surface area (Å²) in [5.41, 5.74) is 1.00. The van der Waals surface area contributed by atoms with Crippen molar-refractivity contribution < 1.29 is 9.53 Å². The second-order valence-corrected chi connectivity index (χ2v) is 6.85. The van der Waals surface area contributed by atoms with Gasteiger partial charge in [-0.2, -0.15) is 0 Å². The highest BCUT2D eigenvalue weighted by Gasteiger charge is 2.23. The van der Waals surface area contributed by atoms with E-state index in [1.54, 1.807) is 0 Å². The number of amides is 1. The molecule has 1 fully saturated rings. The van der Waals surface area contributed by atoms with E-state index in [9.17, 15) is 4.79 Å². The molecule has 0 N–H and O–H groups in total. The molecule has 1 aromatic carbocycles. The topological polar surface area (TPSA) is 32.8 Å². The zero-order chi connectivity index (χ0) is 16.8. The van der Waals surface area contributed by atoms with Crippen LogP contribution in [0.2, 0.25) is 5.02 Å². The summed E-state index contributed by atoms with van der Waals surface area (Å²) in [5, 5.41) is 0.744. The lowest BCUT2D eigenvalue weighted by Crippen LogP contribution is -2.44. The summed E-state index contributed by atoms with van der Waals surface area (Å²) >= 11 is 5.99. The van der Waals surface area contributed by atoms with E-state index >= 15 is 0 Å². The minimum atomic E-state index is 0.248. The first-order valence-corrected chi connectivity index (χ1v) is 8.68. The summed E-state index contributed by atoms with van der Waals surface area (Å²) in [6.45, 7) is 4.26. The summed E-state index contributed by atoms with van der Waals surface area (Å²) in [6.07, 6.45) is 3.44. The SMILES string of the molecule is Cc1cc(OCCCC(=O)N2CCC(N(C)C)CC2)ccc1Cl. The van der Waals surface area contributed by atoms with Crippen LogP contribution in [0.15, 0.2) is 18.2 Å². The average molecular weight is 339 g/mol. The standard InChI is InChI=1S/C18H27ClN2O2/c1-14-13-16(6-7-17(14)19)23-12-4-5-18(22)21-10-8-15(9-11-21)20(2)3/h6-7,13,15H,4-5,8-12H2,1-3H3. The molecule has 23 heavy (non-hydrogen) atoms. The Labute approximate surface area is 144 Å². The van der Waals surface area contributed by atoms with E-state index in [0.29, 0.717) is 19.1 Å². The van der Waals surface area contributed by atoms with E-state index in [2.05, 4.69) is 19.0 Å². The van der Waals surface area contributed by atoms with Gasteiger partial charge in [-0.05, 0) is 64.0 Å². The molecular weight excluding hydrogens is 312 g/mol. The maximum atomic E-state index is 12.2. The molecule has 1 aliphatic rings. The summed E-state index contributed by atoms with van der Waals surface area (Å²) in [5.74, 6) is 1.06. The summed E-state index contributed by atoms with van der Waals surface area (Å²) < 4.78 is 5.69. The van der Waals surface area contributed by atoms with Gasteiger partial charge in [0, 0.05) is 30.6 Å². The third-order valence-corrected chi connectivity index (χ3v) is 4.90. The van der Waals surface area contributed by atoms with Crippen LogP contribution in [0.25, 0.3) is 0 Å². The summed E-state index contributed by atoms with van der Waals surface area (Å²) in [7, 11) is 4.22. The molecule has 1 aliphatic heterocycles. The van der Waals surface area contributed by atoms with Gasteiger partial charge >= 0.3 is 0 Å². The average Bonchev–Trinajstić information content (AvgIpc) is 2.54. The number of rotatable bonds is 6. The molecule has 0 aromatic heterocycles. The lowest BCUT2D eigenvalue weighted by atomic mass is 10.0. The van der Waals surface area contributed by atoms with E-state index in [4.69, 9.17) is 16.3 Å². The number of hydrogen-bond acceptors (Lipinski definition) is 3. The molecule has 0 spiro atoms. The molecule has 0 saturated carbocycles. The molecular formula is C18H27ClN2O2. The second kappa shape index (κ2) is 8.55. The van der Waals surface area contributed by atoms with Crippen molar-refractivity contribution in [2.45, 2.75) is 38.6 Å². The van der Waals surface area contributed by atoms with Gasteiger partial charge in [0.05, 0.1) is 6.61 Å².